The predicted octanol–water partition coefficient (Wildman–Crippen LogP) is 5.44. The summed E-state index contributed by atoms with van der Waals surface area (Å²) >= 11 is 0. The largest absolute Gasteiger partial charge is 0.497 e. The number of nitrogens with zero attached hydrogens (tertiary/aromatic N) is 2. The maximum atomic E-state index is 12.8. The molecule has 0 aliphatic carbocycles. The third-order valence-electron chi connectivity index (χ3n) is 6.13. The van der Waals surface area contributed by atoms with Crippen LogP contribution in [0.25, 0.3) is 11.0 Å². The number of fused-ring (bicyclic) bond motifs is 1. The van der Waals surface area contributed by atoms with Gasteiger partial charge in [0.1, 0.15) is 11.6 Å². The van der Waals surface area contributed by atoms with Crippen molar-refractivity contribution in [2.24, 2.45) is 0 Å². The lowest BCUT2D eigenvalue weighted by molar-refractivity contribution is -0.121. The summed E-state index contributed by atoms with van der Waals surface area (Å²) in [6.07, 6.45) is 0.310. The molecule has 1 heterocycles. The molecule has 0 aliphatic heterocycles. The standard InChI is InChI=1S/C28H31N3O2/c1-18-14-19(2)24(20(3)15-18)17-31-26-9-7-6-8-25(26)30-28(31)21(4)29-27(32)16-22-10-12-23(33-5)13-11-22/h6-15,21H,16-17H2,1-5H3,(H,29,32). The van der Waals surface area contributed by atoms with Gasteiger partial charge in [0, 0.05) is 6.54 Å². The molecule has 5 heteroatoms. The first-order valence-corrected chi connectivity index (χ1v) is 11.3. The lowest BCUT2D eigenvalue weighted by Gasteiger charge is -2.19. The van der Waals surface area contributed by atoms with Gasteiger partial charge < -0.3 is 14.6 Å². The van der Waals surface area contributed by atoms with Crippen LogP contribution in [-0.4, -0.2) is 22.6 Å². The molecule has 0 saturated heterocycles. The van der Waals surface area contributed by atoms with Crippen molar-refractivity contribution in [1.29, 1.82) is 0 Å². The van der Waals surface area contributed by atoms with E-state index < -0.39 is 0 Å². The number of imidazole rings is 1. The van der Waals surface area contributed by atoms with Gasteiger partial charge in [-0.25, -0.2) is 4.98 Å². The number of methoxy groups -OCH3 is 1. The molecule has 5 nitrogen and oxygen atoms in total. The number of aryl methyl sites for hydroxylation is 3. The number of nitrogens with one attached hydrogen (secondary N) is 1. The molecule has 1 atom stereocenters. The number of aromatic nitrogens is 2. The van der Waals surface area contributed by atoms with Crippen molar-refractivity contribution in [3.8, 4) is 5.75 Å². The first-order chi connectivity index (χ1) is 15.9. The Morgan fingerprint density at radius 2 is 1.70 bits per heavy atom. The number of hydrogen-bond donors (Lipinski definition) is 1. The number of para-hydroxylation sites is 2. The zero-order valence-corrected chi connectivity index (χ0v) is 20.0. The summed E-state index contributed by atoms with van der Waals surface area (Å²) in [6.45, 7) is 9.16. The number of rotatable bonds is 7. The molecule has 0 spiro atoms. The molecule has 33 heavy (non-hydrogen) atoms. The van der Waals surface area contributed by atoms with Gasteiger partial charge in [0.25, 0.3) is 0 Å². The number of ether oxygens (including phenoxy) is 1. The van der Waals surface area contributed by atoms with Crippen LogP contribution in [-0.2, 0) is 17.8 Å². The van der Waals surface area contributed by atoms with Gasteiger partial charge in [0.15, 0.2) is 0 Å². The fourth-order valence-electron chi connectivity index (χ4n) is 4.49. The fraction of sp³-hybridized carbons (Fsp3) is 0.286. The van der Waals surface area contributed by atoms with Crippen LogP contribution in [0.15, 0.2) is 60.7 Å². The topological polar surface area (TPSA) is 56.1 Å². The van der Waals surface area contributed by atoms with Crippen LogP contribution < -0.4 is 10.1 Å². The summed E-state index contributed by atoms with van der Waals surface area (Å²) in [7, 11) is 1.63. The maximum absolute atomic E-state index is 12.8. The molecule has 0 fully saturated rings. The van der Waals surface area contributed by atoms with Crippen molar-refractivity contribution in [3.05, 3.63) is 94.3 Å². The van der Waals surface area contributed by atoms with E-state index in [1.54, 1.807) is 7.11 Å². The van der Waals surface area contributed by atoms with Crippen molar-refractivity contribution < 1.29 is 9.53 Å². The molecule has 1 aromatic heterocycles. The summed E-state index contributed by atoms with van der Waals surface area (Å²) < 4.78 is 7.43. The highest BCUT2D eigenvalue weighted by Gasteiger charge is 2.20. The van der Waals surface area contributed by atoms with E-state index in [1.165, 1.54) is 22.3 Å². The Balaban J connectivity index is 1.61. The number of carbonyl (C=O) groups is 1. The number of benzene rings is 3. The van der Waals surface area contributed by atoms with E-state index in [0.717, 1.165) is 28.2 Å². The Morgan fingerprint density at radius 3 is 2.36 bits per heavy atom. The lowest BCUT2D eigenvalue weighted by atomic mass is 9.99. The van der Waals surface area contributed by atoms with Gasteiger partial charge in [-0.3, -0.25) is 4.79 Å². The monoisotopic (exact) mass is 441 g/mol. The highest BCUT2D eigenvalue weighted by Crippen LogP contribution is 2.25. The smallest absolute Gasteiger partial charge is 0.224 e. The Kier molecular flexibility index (Phi) is 6.50. The number of amides is 1. The van der Waals surface area contributed by atoms with E-state index in [1.807, 2.05) is 49.4 Å². The summed E-state index contributed by atoms with van der Waals surface area (Å²) in [5.74, 6) is 1.61. The maximum Gasteiger partial charge on any atom is 0.224 e. The average molecular weight is 442 g/mol. The molecule has 1 N–H and O–H groups in total. The molecule has 4 rings (SSSR count). The minimum absolute atomic E-state index is 0.0334. The van der Waals surface area contributed by atoms with Crippen LogP contribution in [0.5, 0.6) is 5.75 Å². The highest BCUT2D eigenvalue weighted by atomic mass is 16.5. The summed E-state index contributed by atoms with van der Waals surface area (Å²) in [6, 6.07) is 20.0. The van der Waals surface area contributed by atoms with Gasteiger partial charge in [-0.05, 0) is 74.2 Å². The van der Waals surface area contributed by atoms with Crippen LogP contribution in [0.4, 0.5) is 0 Å². The van der Waals surface area contributed by atoms with E-state index in [2.05, 4.69) is 48.9 Å². The molecule has 3 aromatic carbocycles. The Bertz CT molecular complexity index is 1270. The van der Waals surface area contributed by atoms with E-state index >= 15 is 0 Å². The minimum Gasteiger partial charge on any atom is -0.497 e. The number of hydrogen-bond acceptors (Lipinski definition) is 3. The van der Waals surface area contributed by atoms with Crippen molar-refractivity contribution in [2.75, 3.05) is 7.11 Å². The van der Waals surface area contributed by atoms with Crippen molar-refractivity contribution in [3.63, 3.8) is 0 Å². The van der Waals surface area contributed by atoms with Crippen LogP contribution >= 0.6 is 0 Å². The van der Waals surface area contributed by atoms with Gasteiger partial charge in [0.05, 0.1) is 30.6 Å². The minimum atomic E-state index is -0.228. The molecule has 1 amide bonds. The zero-order valence-electron chi connectivity index (χ0n) is 20.0. The molecule has 0 radical (unpaired) electrons. The summed E-state index contributed by atoms with van der Waals surface area (Å²) in [5, 5.41) is 3.15. The predicted molar refractivity (Wildman–Crippen MR) is 133 cm³/mol. The highest BCUT2D eigenvalue weighted by molar-refractivity contribution is 5.80. The van der Waals surface area contributed by atoms with Gasteiger partial charge >= 0.3 is 0 Å². The van der Waals surface area contributed by atoms with Crippen LogP contribution in [0.2, 0.25) is 0 Å². The fourth-order valence-corrected chi connectivity index (χ4v) is 4.49. The molecule has 1 unspecified atom stereocenters. The SMILES string of the molecule is COc1ccc(CC(=O)NC(C)c2nc3ccccc3n2Cc2c(C)cc(C)cc2C)cc1. The first kappa shape index (κ1) is 22.6. The second-order valence-corrected chi connectivity index (χ2v) is 8.74. The summed E-state index contributed by atoms with van der Waals surface area (Å²) in [4.78, 5) is 17.7. The van der Waals surface area contributed by atoms with E-state index in [0.29, 0.717) is 13.0 Å². The zero-order chi connectivity index (χ0) is 23.5. The molecule has 0 saturated carbocycles. The normalized spacial score (nSPS) is 12.0. The molecular formula is C28H31N3O2. The van der Waals surface area contributed by atoms with Crippen LogP contribution in [0.1, 0.15) is 46.6 Å². The number of carbonyl (C=O) groups excluding carboxylic acids is 1. The Morgan fingerprint density at radius 1 is 1.03 bits per heavy atom. The molecular weight excluding hydrogens is 410 g/mol. The molecule has 170 valence electrons. The van der Waals surface area contributed by atoms with Crippen LogP contribution in [0.3, 0.4) is 0 Å². The second-order valence-electron chi connectivity index (χ2n) is 8.74. The molecule has 4 aromatic rings. The van der Waals surface area contributed by atoms with Gasteiger partial charge in [0.2, 0.25) is 5.91 Å². The van der Waals surface area contributed by atoms with Crippen LogP contribution in [0, 0.1) is 20.8 Å². The van der Waals surface area contributed by atoms with E-state index in [9.17, 15) is 4.79 Å². The Hall–Kier alpha value is -3.60. The lowest BCUT2D eigenvalue weighted by Crippen LogP contribution is -2.30. The van der Waals surface area contributed by atoms with Gasteiger partial charge in [-0.2, -0.15) is 0 Å². The molecule has 0 aliphatic rings. The van der Waals surface area contributed by atoms with Crippen molar-refractivity contribution in [1.82, 2.24) is 14.9 Å². The second kappa shape index (κ2) is 9.49. The van der Waals surface area contributed by atoms with E-state index in [-0.39, 0.29) is 11.9 Å². The quantitative estimate of drug-likeness (QED) is 0.416. The third-order valence-corrected chi connectivity index (χ3v) is 6.13. The summed E-state index contributed by atoms with van der Waals surface area (Å²) in [5.41, 5.74) is 8.06. The third kappa shape index (κ3) is 4.92. The first-order valence-electron chi connectivity index (χ1n) is 11.3. The average Bonchev–Trinajstić information content (AvgIpc) is 3.15. The van der Waals surface area contributed by atoms with Crippen molar-refractivity contribution >= 4 is 16.9 Å². The van der Waals surface area contributed by atoms with E-state index in [4.69, 9.17) is 9.72 Å². The Labute approximate surface area is 195 Å². The van der Waals surface area contributed by atoms with Gasteiger partial charge in [-0.15, -0.1) is 0 Å². The molecule has 0 bridgehead atoms. The van der Waals surface area contributed by atoms with Gasteiger partial charge in [-0.1, -0.05) is 42.0 Å². The van der Waals surface area contributed by atoms with Crippen molar-refractivity contribution in [2.45, 2.75) is 46.7 Å².